The summed E-state index contributed by atoms with van der Waals surface area (Å²) in [5.41, 5.74) is 1.37. The number of hydrogen-bond acceptors (Lipinski definition) is 3. The highest BCUT2D eigenvalue weighted by Gasteiger charge is 2.04. The number of benzene rings is 1. The molecule has 0 unspecified atom stereocenters. The molecule has 0 fully saturated rings. The molecule has 0 spiro atoms. The standard InChI is InChI=1S/C15H12FNO3/c1-10-2-4-12(16)7-14(10)20-13-6-11(8-17-9-13)3-5-15(18)19/h2-9H,1H3,(H,18,19)/b5-3+. The second-order valence-corrected chi connectivity index (χ2v) is 4.14. The van der Waals surface area contributed by atoms with Crippen molar-refractivity contribution in [2.75, 3.05) is 0 Å². The van der Waals surface area contributed by atoms with Crippen molar-refractivity contribution in [3.63, 3.8) is 0 Å². The van der Waals surface area contributed by atoms with E-state index in [1.165, 1.54) is 30.6 Å². The van der Waals surface area contributed by atoms with Gasteiger partial charge in [0.2, 0.25) is 0 Å². The van der Waals surface area contributed by atoms with E-state index < -0.39 is 5.97 Å². The van der Waals surface area contributed by atoms with Crippen LogP contribution in [0.25, 0.3) is 6.08 Å². The van der Waals surface area contributed by atoms with Crippen LogP contribution >= 0.6 is 0 Å². The molecule has 0 saturated carbocycles. The topological polar surface area (TPSA) is 59.4 Å². The number of carboxylic acids is 1. The molecule has 0 atom stereocenters. The van der Waals surface area contributed by atoms with Crippen molar-refractivity contribution in [3.05, 3.63) is 59.7 Å². The molecule has 2 rings (SSSR count). The average Bonchev–Trinajstić information content (AvgIpc) is 2.41. The SMILES string of the molecule is Cc1ccc(F)cc1Oc1cncc(/C=C/C(=O)O)c1. The second kappa shape index (κ2) is 5.97. The van der Waals surface area contributed by atoms with Gasteiger partial charge in [-0.25, -0.2) is 9.18 Å². The molecular formula is C15H12FNO3. The normalized spacial score (nSPS) is 10.7. The van der Waals surface area contributed by atoms with E-state index in [0.29, 0.717) is 17.1 Å². The third-order valence-corrected chi connectivity index (χ3v) is 2.53. The van der Waals surface area contributed by atoms with Crippen LogP contribution in [0.15, 0.2) is 42.7 Å². The van der Waals surface area contributed by atoms with E-state index in [4.69, 9.17) is 9.84 Å². The number of aromatic nitrogens is 1. The van der Waals surface area contributed by atoms with Gasteiger partial charge >= 0.3 is 5.97 Å². The van der Waals surface area contributed by atoms with E-state index in [2.05, 4.69) is 4.98 Å². The first-order valence-corrected chi connectivity index (χ1v) is 5.84. The number of aliphatic carboxylic acids is 1. The minimum Gasteiger partial charge on any atom is -0.478 e. The lowest BCUT2D eigenvalue weighted by atomic mass is 10.2. The zero-order valence-corrected chi connectivity index (χ0v) is 10.7. The zero-order valence-electron chi connectivity index (χ0n) is 10.7. The lowest BCUT2D eigenvalue weighted by Crippen LogP contribution is -1.91. The molecule has 0 saturated heterocycles. The average molecular weight is 273 g/mol. The van der Waals surface area contributed by atoms with Gasteiger partial charge in [-0.2, -0.15) is 0 Å². The molecule has 0 bridgehead atoms. The van der Waals surface area contributed by atoms with E-state index in [1.54, 1.807) is 19.1 Å². The fourth-order valence-corrected chi connectivity index (χ4v) is 1.56. The number of carboxylic acid groups (broad SMARTS) is 1. The summed E-state index contributed by atoms with van der Waals surface area (Å²) in [6.07, 6.45) is 5.39. The summed E-state index contributed by atoms with van der Waals surface area (Å²) >= 11 is 0. The highest BCUT2D eigenvalue weighted by Crippen LogP contribution is 2.25. The van der Waals surface area contributed by atoms with Crippen molar-refractivity contribution < 1.29 is 19.0 Å². The van der Waals surface area contributed by atoms with Crippen molar-refractivity contribution >= 4 is 12.0 Å². The number of halogens is 1. The molecule has 1 N–H and O–H groups in total. The number of rotatable bonds is 4. The third kappa shape index (κ3) is 3.65. The molecule has 0 aliphatic carbocycles. The highest BCUT2D eigenvalue weighted by atomic mass is 19.1. The van der Waals surface area contributed by atoms with Gasteiger partial charge in [0.25, 0.3) is 0 Å². The first-order valence-electron chi connectivity index (χ1n) is 5.84. The van der Waals surface area contributed by atoms with Gasteiger partial charge in [0.1, 0.15) is 17.3 Å². The van der Waals surface area contributed by atoms with Crippen LogP contribution in [0.4, 0.5) is 4.39 Å². The number of ether oxygens (including phenoxy) is 1. The minimum absolute atomic E-state index is 0.388. The number of aryl methyl sites for hydroxylation is 1. The smallest absolute Gasteiger partial charge is 0.328 e. The van der Waals surface area contributed by atoms with Gasteiger partial charge in [0.05, 0.1) is 6.20 Å². The summed E-state index contributed by atoms with van der Waals surface area (Å²) < 4.78 is 18.7. The van der Waals surface area contributed by atoms with E-state index in [9.17, 15) is 9.18 Å². The van der Waals surface area contributed by atoms with Crippen LogP contribution in [0, 0.1) is 12.7 Å². The Kier molecular flexibility index (Phi) is 4.10. The van der Waals surface area contributed by atoms with Crippen molar-refractivity contribution in [1.82, 2.24) is 4.98 Å². The molecule has 2 aromatic rings. The fraction of sp³-hybridized carbons (Fsp3) is 0.0667. The number of nitrogens with zero attached hydrogens (tertiary/aromatic N) is 1. The zero-order chi connectivity index (χ0) is 14.5. The first-order chi connectivity index (χ1) is 9.54. The van der Waals surface area contributed by atoms with Crippen LogP contribution in [-0.4, -0.2) is 16.1 Å². The van der Waals surface area contributed by atoms with Crippen molar-refractivity contribution in [2.24, 2.45) is 0 Å². The fourth-order valence-electron chi connectivity index (χ4n) is 1.56. The maximum absolute atomic E-state index is 13.2. The van der Waals surface area contributed by atoms with Crippen molar-refractivity contribution in [1.29, 1.82) is 0 Å². The maximum Gasteiger partial charge on any atom is 0.328 e. The van der Waals surface area contributed by atoms with Crippen molar-refractivity contribution in [3.8, 4) is 11.5 Å². The predicted molar refractivity (Wildman–Crippen MR) is 72.1 cm³/mol. The molecule has 20 heavy (non-hydrogen) atoms. The van der Waals surface area contributed by atoms with Gasteiger partial charge in [-0.1, -0.05) is 6.07 Å². The first kappa shape index (κ1) is 13.7. The number of pyridine rings is 1. The van der Waals surface area contributed by atoms with E-state index in [1.807, 2.05) is 0 Å². The lowest BCUT2D eigenvalue weighted by Gasteiger charge is -2.08. The summed E-state index contributed by atoms with van der Waals surface area (Å²) in [5.74, 6) is -0.629. The largest absolute Gasteiger partial charge is 0.478 e. The van der Waals surface area contributed by atoms with E-state index in [-0.39, 0.29) is 5.82 Å². The molecule has 0 radical (unpaired) electrons. The summed E-state index contributed by atoms with van der Waals surface area (Å²) in [4.78, 5) is 14.4. The number of carbonyl (C=O) groups is 1. The summed E-state index contributed by atoms with van der Waals surface area (Å²) in [6, 6.07) is 5.88. The third-order valence-electron chi connectivity index (χ3n) is 2.53. The van der Waals surface area contributed by atoms with Crippen LogP contribution in [-0.2, 0) is 4.79 Å². The Morgan fingerprint density at radius 1 is 1.35 bits per heavy atom. The Morgan fingerprint density at radius 2 is 2.15 bits per heavy atom. The number of hydrogen-bond donors (Lipinski definition) is 1. The van der Waals surface area contributed by atoms with Crippen LogP contribution in [0.5, 0.6) is 11.5 Å². The van der Waals surface area contributed by atoms with Gasteiger partial charge < -0.3 is 9.84 Å². The lowest BCUT2D eigenvalue weighted by molar-refractivity contribution is -0.131. The van der Waals surface area contributed by atoms with Crippen LogP contribution in [0.1, 0.15) is 11.1 Å². The van der Waals surface area contributed by atoms with Gasteiger partial charge in [-0.3, -0.25) is 4.98 Å². The predicted octanol–water partition coefficient (Wildman–Crippen LogP) is 3.42. The molecule has 0 aliphatic rings. The van der Waals surface area contributed by atoms with Gasteiger partial charge in [0.15, 0.2) is 0 Å². The molecule has 102 valence electrons. The molecule has 1 heterocycles. The molecule has 1 aromatic carbocycles. The highest BCUT2D eigenvalue weighted by molar-refractivity contribution is 5.85. The Bertz CT molecular complexity index is 668. The summed E-state index contributed by atoms with van der Waals surface area (Å²) in [7, 11) is 0. The van der Waals surface area contributed by atoms with Crippen LogP contribution in [0.2, 0.25) is 0 Å². The quantitative estimate of drug-likeness (QED) is 0.867. The molecule has 1 aromatic heterocycles. The second-order valence-electron chi connectivity index (χ2n) is 4.14. The molecule has 0 aliphatic heterocycles. The Hall–Kier alpha value is -2.69. The Balaban J connectivity index is 2.23. The Morgan fingerprint density at radius 3 is 2.90 bits per heavy atom. The van der Waals surface area contributed by atoms with E-state index in [0.717, 1.165) is 11.6 Å². The van der Waals surface area contributed by atoms with Gasteiger partial charge in [-0.15, -0.1) is 0 Å². The molecule has 4 nitrogen and oxygen atoms in total. The molecule has 5 heteroatoms. The van der Waals surface area contributed by atoms with Crippen molar-refractivity contribution in [2.45, 2.75) is 6.92 Å². The van der Waals surface area contributed by atoms with Gasteiger partial charge in [0, 0.05) is 18.3 Å². The monoisotopic (exact) mass is 273 g/mol. The summed E-state index contributed by atoms with van der Waals surface area (Å²) in [5, 5.41) is 8.57. The van der Waals surface area contributed by atoms with E-state index >= 15 is 0 Å². The van der Waals surface area contributed by atoms with Gasteiger partial charge in [-0.05, 0) is 36.3 Å². The summed E-state index contributed by atoms with van der Waals surface area (Å²) in [6.45, 7) is 1.80. The van der Waals surface area contributed by atoms with Crippen LogP contribution < -0.4 is 4.74 Å². The molecule has 0 amide bonds. The minimum atomic E-state index is -1.04. The maximum atomic E-state index is 13.2. The van der Waals surface area contributed by atoms with Crippen LogP contribution in [0.3, 0.4) is 0 Å². The molecular weight excluding hydrogens is 261 g/mol. The Labute approximate surface area is 115 Å².